The molecule has 3 rings (SSSR count). The van der Waals surface area contributed by atoms with Crippen molar-refractivity contribution >= 4 is 31.8 Å². The molecule has 0 aliphatic heterocycles. The van der Waals surface area contributed by atoms with Gasteiger partial charge in [-0.05, 0) is 51.8 Å². The molecular weight excluding hydrogens is 332 g/mol. The average molecular weight is 345 g/mol. The van der Waals surface area contributed by atoms with Crippen molar-refractivity contribution in [2.75, 3.05) is 14.2 Å². The lowest BCUT2D eigenvalue weighted by atomic mass is 10.0. The van der Waals surface area contributed by atoms with E-state index in [2.05, 4.69) is 15.9 Å². The van der Waals surface area contributed by atoms with Gasteiger partial charge in [-0.3, -0.25) is 4.79 Å². The van der Waals surface area contributed by atoms with Crippen LogP contribution in [0.15, 0.2) is 42.5 Å². The Morgan fingerprint density at radius 1 is 0.857 bits per heavy atom. The number of benzene rings is 2. The van der Waals surface area contributed by atoms with Gasteiger partial charge >= 0.3 is 0 Å². The number of halogens is 1. The minimum Gasteiger partial charge on any atom is -0.497 e. The first-order valence-electron chi connectivity index (χ1n) is 6.43. The summed E-state index contributed by atoms with van der Waals surface area (Å²) in [6, 6.07) is 13.0. The van der Waals surface area contributed by atoms with Crippen LogP contribution in [0.2, 0.25) is 0 Å². The van der Waals surface area contributed by atoms with Gasteiger partial charge in [0.25, 0.3) is 0 Å². The Kier molecular flexibility index (Phi) is 3.55. The second-order valence-electron chi connectivity index (χ2n) is 4.66. The fourth-order valence-electron chi connectivity index (χ4n) is 2.41. The summed E-state index contributed by atoms with van der Waals surface area (Å²) in [5.74, 6) is 1.44. The number of Topliss-reactive ketones (excluding diaryl/α,β-unsaturated/α-hetero) is 1. The Labute approximate surface area is 131 Å². The van der Waals surface area contributed by atoms with E-state index in [9.17, 15) is 4.79 Å². The molecule has 0 N–H and O–H groups in total. The summed E-state index contributed by atoms with van der Waals surface area (Å²) in [6.07, 6.45) is 0. The van der Waals surface area contributed by atoms with Crippen molar-refractivity contribution in [3.05, 3.63) is 59.2 Å². The quantitative estimate of drug-likeness (QED) is 0.838. The molecule has 0 atom stereocenters. The highest BCUT2D eigenvalue weighted by molar-refractivity contribution is 9.15. The van der Waals surface area contributed by atoms with Crippen molar-refractivity contribution in [3.8, 4) is 11.5 Å². The largest absolute Gasteiger partial charge is 0.497 e. The molecule has 0 fully saturated rings. The van der Waals surface area contributed by atoms with Gasteiger partial charge in [-0.25, -0.2) is 0 Å². The van der Waals surface area contributed by atoms with Crippen LogP contribution in [0.5, 0.6) is 11.5 Å². The maximum Gasteiger partial charge on any atom is 0.195 e. The normalized spacial score (nSPS) is 13.4. The molecule has 4 heteroatoms. The van der Waals surface area contributed by atoms with Crippen molar-refractivity contribution in [2.24, 2.45) is 0 Å². The summed E-state index contributed by atoms with van der Waals surface area (Å²) in [6.45, 7) is 0. The fraction of sp³-hybridized carbons (Fsp3) is 0.118. The Bertz CT molecular complexity index is 745. The summed E-state index contributed by atoms with van der Waals surface area (Å²) in [5, 5.41) is 0. The molecule has 0 heterocycles. The molecule has 0 radical (unpaired) electrons. The highest BCUT2D eigenvalue weighted by Crippen LogP contribution is 2.43. The summed E-state index contributed by atoms with van der Waals surface area (Å²) in [5.41, 5.74) is 3.09. The van der Waals surface area contributed by atoms with Gasteiger partial charge < -0.3 is 9.47 Å². The fourth-order valence-corrected chi connectivity index (χ4v) is 3.17. The molecule has 0 saturated heterocycles. The zero-order chi connectivity index (χ0) is 15.0. The number of fused-ring (bicyclic) bond motifs is 1. The van der Waals surface area contributed by atoms with Crippen molar-refractivity contribution in [1.82, 2.24) is 0 Å². The third kappa shape index (κ3) is 2.25. The Hall–Kier alpha value is -2.07. The van der Waals surface area contributed by atoms with Gasteiger partial charge in [-0.2, -0.15) is 0 Å². The summed E-state index contributed by atoms with van der Waals surface area (Å²) < 4.78 is 11.2. The van der Waals surface area contributed by atoms with E-state index in [-0.39, 0.29) is 5.78 Å². The number of ether oxygens (including phenoxy) is 2. The van der Waals surface area contributed by atoms with Crippen molar-refractivity contribution in [3.63, 3.8) is 0 Å². The van der Waals surface area contributed by atoms with Crippen molar-refractivity contribution in [2.45, 2.75) is 0 Å². The molecule has 2 aromatic rings. The number of rotatable bonds is 3. The van der Waals surface area contributed by atoms with Crippen LogP contribution in [-0.2, 0) is 0 Å². The Morgan fingerprint density at radius 2 is 1.48 bits per heavy atom. The van der Waals surface area contributed by atoms with Gasteiger partial charge in [-0.1, -0.05) is 12.1 Å². The predicted octanol–water partition coefficient (Wildman–Crippen LogP) is 4.16. The molecule has 3 nitrogen and oxygen atoms in total. The molecule has 1 aliphatic carbocycles. The SMILES string of the molecule is COc1ccc(C2=C(Br)c3ccc(OC)cc3C2=O)cc1. The van der Waals surface area contributed by atoms with Crippen LogP contribution in [0.25, 0.3) is 10.1 Å². The van der Waals surface area contributed by atoms with Gasteiger partial charge in [0.15, 0.2) is 5.78 Å². The lowest BCUT2D eigenvalue weighted by molar-refractivity contribution is 0.105. The van der Waals surface area contributed by atoms with Crippen LogP contribution in [-0.4, -0.2) is 20.0 Å². The Morgan fingerprint density at radius 3 is 2.10 bits per heavy atom. The minimum absolute atomic E-state index is 0.000872. The van der Waals surface area contributed by atoms with Gasteiger partial charge in [-0.15, -0.1) is 0 Å². The summed E-state index contributed by atoms with van der Waals surface area (Å²) >= 11 is 3.55. The smallest absolute Gasteiger partial charge is 0.195 e. The number of hydrogen-bond acceptors (Lipinski definition) is 3. The number of carbonyl (C=O) groups is 1. The maximum atomic E-state index is 12.7. The van der Waals surface area contributed by atoms with Crippen LogP contribution in [0, 0.1) is 0 Å². The van der Waals surface area contributed by atoms with E-state index < -0.39 is 0 Å². The van der Waals surface area contributed by atoms with Gasteiger partial charge in [0.2, 0.25) is 0 Å². The van der Waals surface area contributed by atoms with Crippen LogP contribution in [0.3, 0.4) is 0 Å². The monoisotopic (exact) mass is 344 g/mol. The second-order valence-corrected chi connectivity index (χ2v) is 5.45. The average Bonchev–Trinajstić information content (AvgIpc) is 2.78. The molecule has 0 amide bonds. The third-order valence-corrected chi connectivity index (χ3v) is 4.36. The summed E-state index contributed by atoms with van der Waals surface area (Å²) in [4.78, 5) is 12.7. The second kappa shape index (κ2) is 5.37. The molecule has 0 bridgehead atoms. The number of hydrogen-bond donors (Lipinski definition) is 0. The van der Waals surface area contributed by atoms with E-state index in [0.29, 0.717) is 16.9 Å². The molecule has 0 spiro atoms. The van der Waals surface area contributed by atoms with Gasteiger partial charge in [0.1, 0.15) is 11.5 Å². The van der Waals surface area contributed by atoms with E-state index in [0.717, 1.165) is 21.4 Å². The van der Waals surface area contributed by atoms with Gasteiger partial charge in [0, 0.05) is 21.2 Å². The van der Waals surface area contributed by atoms with E-state index in [1.165, 1.54) is 0 Å². The third-order valence-electron chi connectivity index (χ3n) is 3.53. The molecule has 0 saturated carbocycles. The van der Waals surface area contributed by atoms with Gasteiger partial charge in [0.05, 0.1) is 14.2 Å². The number of allylic oxidation sites excluding steroid dienone is 1. The highest BCUT2D eigenvalue weighted by Gasteiger charge is 2.29. The molecule has 106 valence electrons. The maximum absolute atomic E-state index is 12.7. The van der Waals surface area contributed by atoms with Crippen molar-refractivity contribution in [1.29, 1.82) is 0 Å². The lowest BCUT2D eigenvalue weighted by Gasteiger charge is -2.04. The van der Waals surface area contributed by atoms with E-state index in [1.807, 2.05) is 36.4 Å². The van der Waals surface area contributed by atoms with E-state index in [1.54, 1.807) is 20.3 Å². The molecular formula is C17H13BrO3. The van der Waals surface area contributed by atoms with Crippen LogP contribution in [0.4, 0.5) is 0 Å². The van der Waals surface area contributed by atoms with Crippen LogP contribution < -0.4 is 9.47 Å². The number of methoxy groups -OCH3 is 2. The van der Waals surface area contributed by atoms with E-state index in [4.69, 9.17) is 9.47 Å². The molecule has 0 unspecified atom stereocenters. The van der Waals surface area contributed by atoms with Crippen LogP contribution in [0.1, 0.15) is 21.5 Å². The van der Waals surface area contributed by atoms with E-state index >= 15 is 0 Å². The minimum atomic E-state index is 0.000872. The lowest BCUT2D eigenvalue weighted by Crippen LogP contribution is -1.99. The Balaban J connectivity index is 2.08. The zero-order valence-corrected chi connectivity index (χ0v) is 13.2. The molecule has 2 aromatic carbocycles. The molecule has 21 heavy (non-hydrogen) atoms. The first-order chi connectivity index (χ1) is 10.2. The molecule has 1 aliphatic rings. The number of ketones is 1. The first-order valence-corrected chi connectivity index (χ1v) is 7.22. The molecule has 0 aromatic heterocycles. The number of carbonyl (C=O) groups excluding carboxylic acids is 1. The highest BCUT2D eigenvalue weighted by atomic mass is 79.9. The van der Waals surface area contributed by atoms with Crippen molar-refractivity contribution < 1.29 is 14.3 Å². The first kappa shape index (κ1) is 13.9. The topological polar surface area (TPSA) is 35.5 Å². The summed E-state index contributed by atoms with van der Waals surface area (Å²) in [7, 11) is 3.21. The van der Waals surface area contributed by atoms with Crippen LogP contribution >= 0.6 is 15.9 Å². The zero-order valence-electron chi connectivity index (χ0n) is 11.6. The predicted molar refractivity (Wildman–Crippen MR) is 86.1 cm³/mol. The standard InChI is InChI=1S/C17H13BrO3/c1-20-11-5-3-10(4-6-11)15-16(18)13-8-7-12(21-2)9-14(13)17(15)19/h3-9H,1-2H3.